The Kier molecular flexibility index (Phi) is 7.02. The maximum absolute atomic E-state index is 12.5. The molecule has 1 aromatic carbocycles. The molecule has 1 amide bonds. The van der Waals surface area contributed by atoms with E-state index in [2.05, 4.69) is 5.32 Å². The standard InChI is InChI=1S/C13H17F3N2O.ClH/c1-8(2)6-11(17)12(19)18-10-5-3-4-9(7-10)13(14,15)16;/h3-5,7-8,11H,6,17H2,1-2H3,(H,18,19);1H/t11-;/m0./s1. The first-order valence-electron chi connectivity index (χ1n) is 5.94. The molecule has 0 radical (unpaired) electrons. The molecule has 0 heterocycles. The van der Waals surface area contributed by atoms with Crippen LogP contribution in [0.15, 0.2) is 24.3 Å². The summed E-state index contributed by atoms with van der Waals surface area (Å²) >= 11 is 0. The van der Waals surface area contributed by atoms with Crippen LogP contribution in [0.25, 0.3) is 0 Å². The van der Waals surface area contributed by atoms with E-state index in [1.807, 2.05) is 13.8 Å². The van der Waals surface area contributed by atoms with Gasteiger partial charge in [-0.05, 0) is 30.5 Å². The summed E-state index contributed by atoms with van der Waals surface area (Å²) in [6.45, 7) is 3.83. The summed E-state index contributed by atoms with van der Waals surface area (Å²) < 4.78 is 37.5. The second-order valence-electron chi connectivity index (χ2n) is 4.80. The van der Waals surface area contributed by atoms with Gasteiger partial charge in [0, 0.05) is 5.69 Å². The third-order valence-corrected chi connectivity index (χ3v) is 2.52. The number of halogens is 4. The van der Waals surface area contributed by atoms with Gasteiger partial charge in [-0.2, -0.15) is 13.2 Å². The summed E-state index contributed by atoms with van der Waals surface area (Å²) in [5.41, 5.74) is 4.95. The first kappa shape index (κ1) is 18.7. The van der Waals surface area contributed by atoms with Gasteiger partial charge >= 0.3 is 6.18 Å². The number of benzene rings is 1. The van der Waals surface area contributed by atoms with E-state index < -0.39 is 23.7 Å². The van der Waals surface area contributed by atoms with Crippen molar-refractivity contribution in [1.82, 2.24) is 0 Å². The Morgan fingerprint density at radius 3 is 2.45 bits per heavy atom. The van der Waals surface area contributed by atoms with Gasteiger partial charge in [0.25, 0.3) is 0 Å². The maximum Gasteiger partial charge on any atom is 0.416 e. The topological polar surface area (TPSA) is 55.1 Å². The van der Waals surface area contributed by atoms with Gasteiger partial charge in [-0.1, -0.05) is 19.9 Å². The Bertz CT molecular complexity index is 449. The van der Waals surface area contributed by atoms with Crippen LogP contribution in [0, 0.1) is 5.92 Å². The van der Waals surface area contributed by atoms with Crippen molar-refractivity contribution in [3.05, 3.63) is 29.8 Å². The minimum Gasteiger partial charge on any atom is -0.325 e. The number of anilines is 1. The second kappa shape index (κ2) is 7.50. The van der Waals surface area contributed by atoms with Gasteiger partial charge in [0.2, 0.25) is 5.91 Å². The Morgan fingerprint density at radius 1 is 1.35 bits per heavy atom. The molecule has 0 saturated carbocycles. The van der Waals surface area contributed by atoms with Gasteiger partial charge in [0.1, 0.15) is 0 Å². The molecule has 0 spiro atoms. The highest BCUT2D eigenvalue weighted by Crippen LogP contribution is 2.30. The summed E-state index contributed by atoms with van der Waals surface area (Å²) in [6, 6.07) is 3.75. The number of hydrogen-bond donors (Lipinski definition) is 2. The van der Waals surface area contributed by atoms with Gasteiger partial charge in [-0.25, -0.2) is 0 Å². The van der Waals surface area contributed by atoms with Gasteiger partial charge in [0.05, 0.1) is 11.6 Å². The fourth-order valence-electron chi connectivity index (χ4n) is 1.62. The smallest absolute Gasteiger partial charge is 0.325 e. The number of alkyl halides is 3. The van der Waals surface area contributed by atoms with E-state index in [9.17, 15) is 18.0 Å². The van der Waals surface area contributed by atoms with Gasteiger partial charge in [0.15, 0.2) is 0 Å². The highest BCUT2D eigenvalue weighted by molar-refractivity contribution is 5.94. The zero-order chi connectivity index (χ0) is 14.6. The molecule has 0 fully saturated rings. The molecule has 0 unspecified atom stereocenters. The summed E-state index contributed by atoms with van der Waals surface area (Å²) in [6.07, 6.45) is -3.95. The Morgan fingerprint density at radius 2 is 1.95 bits per heavy atom. The minimum absolute atomic E-state index is 0. The molecule has 0 aliphatic rings. The molecular formula is C13H18ClF3N2O. The lowest BCUT2D eigenvalue weighted by Crippen LogP contribution is -2.36. The average Bonchev–Trinajstić information content (AvgIpc) is 2.27. The van der Waals surface area contributed by atoms with Gasteiger partial charge < -0.3 is 11.1 Å². The highest BCUT2D eigenvalue weighted by atomic mass is 35.5. The normalized spacial score (nSPS) is 12.8. The largest absolute Gasteiger partial charge is 0.416 e. The van der Waals surface area contributed by atoms with E-state index in [-0.39, 0.29) is 24.0 Å². The number of nitrogens with two attached hydrogens (primary N) is 1. The molecular weight excluding hydrogens is 293 g/mol. The van der Waals surface area contributed by atoms with Crippen molar-refractivity contribution in [2.75, 3.05) is 5.32 Å². The highest BCUT2D eigenvalue weighted by Gasteiger charge is 2.30. The third-order valence-electron chi connectivity index (χ3n) is 2.52. The van der Waals surface area contributed by atoms with Crippen LogP contribution in [-0.4, -0.2) is 11.9 Å². The first-order chi connectivity index (χ1) is 8.70. The SMILES string of the molecule is CC(C)C[C@H](N)C(=O)Nc1cccc(C(F)(F)F)c1.Cl. The number of nitrogens with one attached hydrogen (secondary N) is 1. The fraction of sp³-hybridized carbons (Fsp3) is 0.462. The molecule has 3 N–H and O–H groups in total. The van der Waals surface area contributed by atoms with Crippen LogP contribution in [0.1, 0.15) is 25.8 Å². The van der Waals surface area contributed by atoms with E-state index in [0.29, 0.717) is 6.42 Å². The summed E-state index contributed by atoms with van der Waals surface area (Å²) in [5, 5.41) is 2.40. The van der Waals surface area contributed by atoms with Crippen molar-refractivity contribution in [1.29, 1.82) is 0 Å². The molecule has 3 nitrogen and oxygen atoms in total. The van der Waals surface area contributed by atoms with Crippen molar-refractivity contribution in [2.24, 2.45) is 11.7 Å². The summed E-state index contributed by atoms with van der Waals surface area (Å²) in [7, 11) is 0. The molecule has 0 aromatic heterocycles. The number of carbonyl (C=O) groups is 1. The van der Waals surface area contributed by atoms with Crippen molar-refractivity contribution in [2.45, 2.75) is 32.5 Å². The van der Waals surface area contributed by atoms with Crippen LogP contribution in [0.2, 0.25) is 0 Å². The molecule has 1 atom stereocenters. The molecule has 7 heteroatoms. The van der Waals surface area contributed by atoms with Crippen molar-refractivity contribution < 1.29 is 18.0 Å². The Labute approximate surface area is 122 Å². The Balaban J connectivity index is 0.00000361. The lowest BCUT2D eigenvalue weighted by Gasteiger charge is -2.15. The quantitative estimate of drug-likeness (QED) is 0.895. The van der Waals surface area contributed by atoms with Crippen molar-refractivity contribution >= 4 is 24.0 Å². The van der Waals surface area contributed by atoms with Crippen LogP contribution in [0.5, 0.6) is 0 Å². The predicted octanol–water partition coefficient (Wildman–Crippen LogP) is 3.44. The second-order valence-corrected chi connectivity index (χ2v) is 4.80. The van der Waals surface area contributed by atoms with Crippen LogP contribution in [0.4, 0.5) is 18.9 Å². The molecule has 114 valence electrons. The van der Waals surface area contributed by atoms with Crippen molar-refractivity contribution in [3.63, 3.8) is 0 Å². The molecule has 0 saturated heterocycles. The zero-order valence-corrected chi connectivity index (χ0v) is 12.0. The van der Waals surface area contributed by atoms with E-state index in [1.165, 1.54) is 12.1 Å². The third kappa shape index (κ3) is 5.79. The average molecular weight is 311 g/mol. The lowest BCUT2D eigenvalue weighted by molar-refractivity contribution is -0.137. The zero-order valence-electron chi connectivity index (χ0n) is 11.2. The number of hydrogen-bond acceptors (Lipinski definition) is 2. The van der Waals surface area contributed by atoms with E-state index in [0.717, 1.165) is 12.1 Å². The molecule has 1 aromatic rings. The van der Waals surface area contributed by atoms with Crippen molar-refractivity contribution in [3.8, 4) is 0 Å². The monoisotopic (exact) mass is 310 g/mol. The minimum atomic E-state index is -4.43. The van der Waals surface area contributed by atoms with Gasteiger partial charge in [-0.3, -0.25) is 4.79 Å². The predicted molar refractivity (Wildman–Crippen MR) is 74.8 cm³/mol. The number of amides is 1. The van der Waals surface area contributed by atoms with Crippen LogP contribution in [-0.2, 0) is 11.0 Å². The lowest BCUT2D eigenvalue weighted by atomic mass is 10.0. The molecule has 20 heavy (non-hydrogen) atoms. The molecule has 0 bridgehead atoms. The van der Waals surface area contributed by atoms with Crippen LogP contribution >= 0.6 is 12.4 Å². The number of rotatable bonds is 4. The molecule has 0 aliphatic carbocycles. The van der Waals surface area contributed by atoms with Gasteiger partial charge in [-0.15, -0.1) is 12.4 Å². The van der Waals surface area contributed by atoms with E-state index in [1.54, 1.807) is 0 Å². The molecule has 0 aliphatic heterocycles. The van der Waals surface area contributed by atoms with E-state index in [4.69, 9.17) is 5.73 Å². The fourth-order valence-corrected chi connectivity index (χ4v) is 1.62. The summed E-state index contributed by atoms with van der Waals surface area (Å²) in [4.78, 5) is 11.7. The Hall–Kier alpha value is -1.27. The first-order valence-corrected chi connectivity index (χ1v) is 5.94. The maximum atomic E-state index is 12.5. The summed E-state index contributed by atoms with van der Waals surface area (Å²) in [5.74, 6) is -0.240. The molecule has 1 rings (SSSR count). The van der Waals surface area contributed by atoms with E-state index >= 15 is 0 Å². The number of carbonyl (C=O) groups excluding carboxylic acids is 1. The van der Waals surface area contributed by atoms with Crippen LogP contribution < -0.4 is 11.1 Å². The van der Waals surface area contributed by atoms with Crippen LogP contribution in [0.3, 0.4) is 0 Å².